The van der Waals surface area contributed by atoms with Crippen LogP contribution in [0.4, 0.5) is 4.79 Å². The normalized spacial score (nSPS) is 11.6. The molecule has 1 atom stereocenters. The quantitative estimate of drug-likeness (QED) is 0.345. The van der Waals surface area contributed by atoms with Crippen molar-refractivity contribution in [3.05, 3.63) is 0 Å². The lowest BCUT2D eigenvalue weighted by Crippen LogP contribution is -2.46. The molecule has 0 radical (unpaired) electrons. The Bertz CT molecular complexity index is 309. The molecule has 0 fully saturated rings. The Morgan fingerprint density at radius 1 is 1.11 bits per heavy atom. The van der Waals surface area contributed by atoms with Crippen molar-refractivity contribution in [3.63, 3.8) is 0 Å². The molecule has 19 heavy (non-hydrogen) atoms. The van der Waals surface area contributed by atoms with E-state index in [4.69, 9.17) is 10.2 Å². The predicted octanol–water partition coefficient (Wildman–Crippen LogP) is -0.397. The van der Waals surface area contributed by atoms with E-state index in [9.17, 15) is 14.4 Å². The zero-order valence-corrected chi connectivity index (χ0v) is 10.9. The Balaban J connectivity index is 3.94. The van der Waals surface area contributed by atoms with Crippen molar-refractivity contribution in [2.75, 3.05) is 20.1 Å². The molecule has 2 amide bonds. The van der Waals surface area contributed by atoms with E-state index in [2.05, 4.69) is 16.0 Å². The van der Waals surface area contributed by atoms with Crippen molar-refractivity contribution < 1.29 is 24.6 Å². The van der Waals surface area contributed by atoms with Crippen molar-refractivity contribution in [1.82, 2.24) is 16.0 Å². The van der Waals surface area contributed by atoms with Gasteiger partial charge in [-0.05, 0) is 32.9 Å². The summed E-state index contributed by atoms with van der Waals surface area (Å²) in [6, 6.07) is -1.62. The van der Waals surface area contributed by atoms with Gasteiger partial charge in [0.15, 0.2) is 0 Å². The van der Waals surface area contributed by atoms with Crippen LogP contribution in [-0.4, -0.2) is 54.4 Å². The van der Waals surface area contributed by atoms with Crippen molar-refractivity contribution in [2.24, 2.45) is 0 Å². The molecule has 0 saturated carbocycles. The average molecular weight is 275 g/mol. The molecule has 0 aliphatic carbocycles. The highest BCUT2D eigenvalue weighted by Gasteiger charge is 2.19. The van der Waals surface area contributed by atoms with Crippen LogP contribution in [0, 0.1) is 0 Å². The van der Waals surface area contributed by atoms with E-state index in [0.717, 1.165) is 13.0 Å². The molecule has 0 heterocycles. The average Bonchev–Trinajstić information content (AvgIpc) is 2.33. The first kappa shape index (κ1) is 17.2. The van der Waals surface area contributed by atoms with Gasteiger partial charge in [0.25, 0.3) is 0 Å². The largest absolute Gasteiger partial charge is 0.481 e. The third kappa shape index (κ3) is 9.83. The first-order valence-corrected chi connectivity index (χ1v) is 6.11. The van der Waals surface area contributed by atoms with E-state index in [0.29, 0.717) is 6.54 Å². The van der Waals surface area contributed by atoms with Gasteiger partial charge in [-0.3, -0.25) is 4.79 Å². The Kier molecular flexibility index (Phi) is 9.15. The number of nitrogens with one attached hydrogen (secondary N) is 3. The second kappa shape index (κ2) is 10.1. The Hall–Kier alpha value is -1.83. The number of carboxylic acids is 2. The summed E-state index contributed by atoms with van der Waals surface area (Å²) in [5, 5.41) is 25.1. The number of hydrogen-bond acceptors (Lipinski definition) is 4. The van der Waals surface area contributed by atoms with E-state index in [1.807, 2.05) is 0 Å². The number of aliphatic carboxylic acids is 2. The molecule has 0 aromatic rings. The molecular weight excluding hydrogens is 254 g/mol. The fourth-order valence-corrected chi connectivity index (χ4v) is 1.39. The van der Waals surface area contributed by atoms with Crippen LogP contribution >= 0.6 is 0 Å². The van der Waals surface area contributed by atoms with E-state index in [1.54, 1.807) is 7.05 Å². The summed E-state index contributed by atoms with van der Waals surface area (Å²) in [5.41, 5.74) is 0. The summed E-state index contributed by atoms with van der Waals surface area (Å²) < 4.78 is 0. The number of hydrogen-bond donors (Lipinski definition) is 5. The lowest BCUT2D eigenvalue weighted by molar-refractivity contribution is -0.140. The predicted molar refractivity (Wildman–Crippen MR) is 68.0 cm³/mol. The number of carbonyl (C=O) groups excluding carboxylic acids is 1. The molecule has 8 nitrogen and oxygen atoms in total. The van der Waals surface area contributed by atoms with Crippen LogP contribution in [0.3, 0.4) is 0 Å². The van der Waals surface area contributed by atoms with E-state index < -0.39 is 24.0 Å². The summed E-state index contributed by atoms with van der Waals surface area (Å²) >= 11 is 0. The van der Waals surface area contributed by atoms with Gasteiger partial charge in [0.1, 0.15) is 6.04 Å². The summed E-state index contributed by atoms with van der Waals surface area (Å²) in [6.07, 6.45) is 0.911. The summed E-state index contributed by atoms with van der Waals surface area (Å²) in [6.45, 7) is 1.19. The minimum Gasteiger partial charge on any atom is -0.481 e. The second-order valence-corrected chi connectivity index (χ2v) is 4.03. The van der Waals surface area contributed by atoms with Crippen molar-refractivity contribution in [3.8, 4) is 0 Å². The molecule has 5 N–H and O–H groups in total. The van der Waals surface area contributed by atoms with E-state index in [1.165, 1.54) is 0 Å². The van der Waals surface area contributed by atoms with Crippen LogP contribution in [0.2, 0.25) is 0 Å². The molecule has 0 spiro atoms. The van der Waals surface area contributed by atoms with Crippen LogP contribution in [-0.2, 0) is 9.59 Å². The highest BCUT2D eigenvalue weighted by molar-refractivity contribution is 5.82. The third-order valence-corrected chi connectivity index (χ3v) is 2.38. The second-order valence-electron chi connectivity index (χ2n) is 4.03. The highest BCUT2D eigenvalue weighted by Crippen LogP contribution is 2.01. The van der Waals surface area contributed by atoms with Gasteiger partial charge in [-0.15, -0.1) is 0 Å². The summed E-state index contributed by atoms with van der Waals surface area (Å²) in [4.78, 5) is 32.6. The minimum absolute atomic E-state index is 0.0889. The van der Waals surface area contributed by atoms with Crippen molar-refractivity contribution in [2.45, 2.75) is 31.7 Å². The van der Waals surface area contributed by atoms with Gasteiger partial charge < -0.3 is 26.2 Å². The van der Waals surface area contributed by atoms with Gasteiger partial charge in [-0.1, -0.05) is 0 Å². The standard InChI is InChI=1S/C11H21N3O5/c1-12-6-3-7-13-11(19)14-8(10(17)18)4-2-5-9(15)16/h8,12H,2-7H2,1H3,(H,15,16)(H,17,18)(H2,13,14,19)/t8-/m1/s1. The molecule has 0 saturated heterocycles. The first-order chi connectivity index (χ1) is 8.97. The van der Waals surface area contributed by atoms with Gasteiger partial charge in [-0.2, -0.15) is 0 Å². The Morgan fingerprint density at radius 2 is 1.79 bits per heavy atom. The van der Waals surface area contributed by atoms with Crippen LogP contribution in [0.25, 0.3) is 0 Å². The van der Waals surface area contributed by atoms with Gasteiger partial charge in [0.2, 0.25) is 0 Å². The fraction of sp³-hybridized carbons (Fsp3) is 0.727. The van der Waals surface area contributed by atoms with E-state index >= 15 is 0 Å². The molecule has 0 aromatic heterocycles. The summed E-state index contributed by atoms with van der Waals surface area (Å²) in [7, 11) is 1.79. The molecule has 0 rings (SSSR count). The number of carbonyl (C=O) groups is 3. The monoisotopic (exact) mass is 275 g/mol. The SMILES string of the molecule is CNCCCNC(=O)N[C@H](CCCC(=O)O)C(=O)O. The molecule has 0 bridgehead atoms. The van der Waals surface area contributed by atoms with Crippen molar-refractivity contribution >= 4 is 18.0 Å². The van der Waals surface area contributed by atoms with Gasteiger partial charge in [0, 0.05) is 13.0 Å². The number of urea groups is 1. The van der Waals surface area contributed by atoms with E-state index in [-0.39, 0.29) is 19.3 Å². The van der Waals surface area contributed by atoms with Gasteiger partial charge in [-0.25, -0.2) is 9.59 Å². The molecule has 0 aliphatic rings. The molecule has 0 aliphatic heterocycles. The van der Waals surface area contributed by atoms with Crippen LogP contribution < -0.4 is 16.0 Å². The maximum Gasteiger partial charge on any atom is 0.326 e. The molecule has 0 aromatic carbocycles. The summed E-state index contributed by atoms with van der Waals surface area (Å²) in [5.74, 6) is -2.16. The highest BCUT2D eigenvalue weighted by atomic mass is 16.4. The van der Waals surface area contributed by atoms with Gasteiger partial charge in [0.05, 0.1) is 0 Å². The Morgan fingerprint density at radius 3 is 2.32 bits per heavy atom. The molecular formula is C11H21N3O5. The topological polar surface area (TPSA) is 128 Å². The lowest BCUT2D eigenvalue weighted by atomic mass is 10.1. The lowest BCUT2D eigenvalue weighted by Gasteiger charge is -2.14. The molecule has 0 unspecified atom stereocenters. The third-order valence-electron chi connectivity index (χ3n) is 2.38. The zero-order chi connectivity index (χ0) is 14.7. The number of rotatable bonds is 10. The van der Waals surface area contributed by atoms with Crippen LogP contribution in [0.1, 0.15) is 25.7 Å². The van der Waals surface area contributed by atoms with Crippen LogP contribution in [0.5, 0.6) is 0 Å². The maximum absolute atomic E-state index is 11.4. The number of amides is 2. The Labute approximate surface area is 111 Å². The molecule has 8 heteroatoms. The molecule has 110 valence electrons. The van der Waals surface area contributed by atoms with Crippen molar-refractivity contribution in [1.29, 1.82) is 0 Å². The van der Waals surface area contributed by atoms with Gasteiger partial charge >= 0.3 is 18.0 Å². The smallest absolute Gasteiger partial charge is 0.326 e. The number of carboxylic acid groups (broad SMARTS) is 2. The first-order valence-electron chi connectivity index (χ1n) is 6.11. The minimum atomic E-state index is -1.17. The maximum atomic E-state index is 11.4. The zero-order valence-electron chi connectivity index (χ0n) is 10.9. The fourth-order valence-electron chi connectivity index (χ4n) is 1.39. The van der Waals surface area contributed by atoms with Crippen LogP contribution in [0.15, 0.2) is 0 Å².